The molecule has 0 spiro atoms. The highest BCUT2D eigenvalue weighted by Crippen LogP contribution is 2.53. The molecule has 2 aromatic heterocycles. The molecule has 0 saturated heterocycles. The number of thioether (sulfide) groups is 1. The van der Waals surface area contributed by atoms with Crippen molar-refractivity contribution in [1.82, 2.24) is 14.9 Å². The number of aromatic nitrogens is 2. The third-order valence-corrected chi connectivity index (χ3v) is 9.04. The molecule has 4 N–H and O–H groups in total. The van der Waals surface area contributed by atoms with E-state index in [2.05, 4.69) is 5.32 Å². The zero-order valence-corrected chi connectivity index (χ0v) is 21.3. The quantitative estimate of drug-likeness (QED) is 0.295. The highest BCUT2D eigenvalue weighted by Gasteiger charge is 2.45. The van der Waals surface area contributed by atoms with Crippen LogP contribution in [0.25, 0.3) is 22.3 Å². The predicted octanol–water partition coefficient (Wildman–Crippen LogP) is 0.898. The lowest BCUT2D eigenvalue weighted by molar-refractivity contribution is -0.236. The number of carbonyl (C=O) groups excluding carboxylic acids is 1. The van der Waals surface area contributed by atoms with Crippen molar-refractivity contribution in [2.45, 2.75) is 49.3 Å². The van der Waals surface area contributed by atoms with E-state index < -0.39 is 30.4 Å². The van der Waals surface area contributed by atoms with Gasteiger partial charge in [-0.3, -0.25) is 9.59 Å². The van der Waals surface area contributed by atoms with Gasteiger partial charge in [-0.05, 0) is 18.1 Å². The molecule has 6 heterocycles. The molecule has 4 aliphatic heterocycles. The molecule has 7 rings (SSSR count). The first-order chi connectivity index (χ1) is 18.4. The van der Waals surface area contributed by atoms with Gasteiger partial charge in [0.15, 0.2) is 17.8 Å². The molecule has 0 fully saturated rings. The molecular formula is C26H25N3O8S. The van der Waals surface area contributed by atoms with E-state index in [9.17, 15) is 24.9 Å². The molecule has 4 aliphatic rings. The maximum Gasteiger partial charge on any atom is 0.257 e. The average molecular weight is 540 g/mol. The van der Waals surface area contributed by atoms with Crippen molar-refractivity contribution in [3.8, 4) is 22.9 Å². The summed E-state index contributed by atoms with van der Waals surface area (Å²) in [5.41, 5.74) is 1.88. The third kappa shape index (κ3) is 3.15. The Balaban J connectivity index is 1.52. The maximum atomic E-state index is 13.7. The SMILES string of the molecule is CC[C@]1(O)c2cc3n(c(=O)c2COC1O)Cc1c-3nc2cc3c(c4c2c1[C@@H](NC(=O)CO)CS4)OCCO3. The molecule has 1 amide bonds. The average Bonchev–Trinajstić information content (AvgIpc) is 3.30. The highest BCUT2D eigenvalue weighted by molar-refractivity contribution is 7.99. The van der Waals surface area contributed by atoms with Gasteiger partial charge in [0.2, 0.25) is 5.91 Å². The van der Waals surface area contributed by atoms with Crippen LogP contribution in [0.3, 0.4) is 0 Å². The number of aliphatic hydroxyl groups is 3. The first kappa shape index (κ1) is 23.9. The van der Waals surface area contributed by atoms with Crippen LogP contribution in [0.1, 0.15) is 41.6 Å². The van der Waals surface area contributed by atoms with E-state index in [0.29, 0.717) is 58.5 Å². The number of carbonyl (C=O) groups is 1. The van der Waals surface area contributed by atoms with E-state index in [1.165, 1.54) is 11.8 Å². The number of fused-ring (bicyclic) bond motifs is 7. The number of ether oxygens (including phenoxy) is 3. The molecule has 12 heteroatoms. The molecule has 11 nitrogen and oxygen atoms in total. The van der Waals surface area contributed by atoms with Crippen LogP contribution in [0.4, 0.5) is 0 Å². The molecule has 3 atom stereocenters. The molecule has 3 aromatic rings. The first-order valence-electron chi connectivity index (χ1n) is 12.5. The maximum absolute atomic E-state index is 13.7. The van der Waals surface area contributed by atoms with Crippen LogP contribution in [-0.4, -0.2) is 62.6 Å². The van der Waals surface area contributed by atoms with E-state index in [0.717, 1.165) is 21.4 Å². The number of hydrogen-bond acceptors (Lipinski definition) is 10. The van der Waals surface area contributed by atoms with Crippen LogP contribution < -0.4 is 20.3 Å². The number of nitrogens with one attached hydrogen (secondary N) is 1. The number of aliphatic hydroxyl groups excluding tert-OH is 2. The van der Waals surface area contributed by atoms with Crippen molar-refractivity contribution in [3.63, 3.8) is 0 Å². The van der Waals surface area contributed by atoms with E-state index in [1.54, 1.807) is 17.6 Å². The fourth-order valence-electron chi connectivity index (χ4n) is 5.98. The molecule has 38 heavy (non-hydrogen) atoms. The number of benzene rings is 1. The van der Waals surface area contributed by atoms with Gasteiger partial charge in [0.1, 0.15) is 25.4 Å². The monoisotopic (exact) mass is 539 g/mol. The van der Waals surface area contributed by atoms with Gasteiger partial charge in [-0.25, -0.2) is 4.98 Å². The minimum atomic E-state index is -1.73. The summed E-state index contributed by atoms with van der Waals surface area (Å²) in [6.45, 7) is 2.01. The van der Waals surface area contributed by atoms with Crippen LogP contribution >= 0.6 is 11.8 Å². The summed E-state index contributed by atoms with van der Waals surface area (Å²) in [6.07, 6.45) is -1.32. The number of rotatable bonds is 3. The minimum Gasteiger partial charge on any atom is -0.486 e. The van der Waals surface area contributed by atoms with Crippen LogP contribution in [0, 0.1) is 0 Å². The Hall–Kier alpha value is -3.16. The number of hydrogen-bond donors (Lipinski definition) is 4. The van der Waals surface area contributed by atoms with Crippen LogP contribution in [-0.2, 0) is 28.3 Å². The molecular weight excluding hydrogens is 514 g/mol. The fourth-order valence-corrected chi connectivity index (χ4v) is 7.21. The summed E-state index contributed by atoms with van der Waals surface area (Å²) in [6, 6.07) is 3.10. The molecule has 0 radical (unpaired) electrons. The fraction of sp³-hybridized carbons (Fsp3) is 0.423. The molecule has 1 unspecified atom stereocenters. The normalized spacial score (nSPS) is 24.5. The summed E-state index contributed by atoms with van der Waals surface area (Å²) in [5.74, 6) is 1.22. The van der Waals surface area contributed by atoms with Gasteiger partial charge >= 0.3 is 0 Å². The van der Waals surface area contributed by atoms with E-state index in [-0.39, 0.29) is 25.1 Å². The number of nitrogens with zero attached hydrogens (tertiary/aromatic N) is 2. The zero-order chi connectivity index (χ0) is 26.3. The second-order valence-corrected chi connectivity index (χ2v) is 10.9. The molecule has 0 bridgehead atoms. The molecule has 0 aliphatic carbocycles. The van der Waals surface area contributed by atoms with Crippen LogP contribution in [0.5, 0.6) is 11.5 Å². The van der Waals surface area contributed by atoms with Crippen molar-refractivity contribution < 1.29 is 34.3 Å². The summed E-state index contributed by atoms with van der Waals surface area (Å²) >= 11 is 1.52. The topological polar surface area (TPSA) is 152 Å². The highest BCUT2D eigenvalue weighted by atomic mass is 32.2. The van der Waals surface area contributed by atoms with Gasteiger partial charge in [-0.15, -0.1) is 11.8 Å². The summed E-state index contributed by atoms with van der Waals surface area (Å²) in [4.78, 5) is 31.8. The largest absolute Gasteiger partial charge is 0.486 e. The Labute approximate surface area is 220 Å². The Kier molecular flexibility index (Phi) is 5.30. The summed E-state index contributed by atoms with van der Waals surface area (Å²) < 4.78 is 18.8. The molecule has 1 aromatic carbocycles. The van der Waals surface area contributed by atoms with Crippen molar-refractivity contribution in [2.24, 2.45) is 0 Å². The Bertz CT molecular complexity index is 1600. The third-order valence-electron chi connectivity index (χ3n) is 7.86. The second-order valence-electron chi connectivity index (χ2n) is 9.82. The van der Waals surface area contributed by atoms with Gasteiger partial charge in [-0.2, -0.15) is 0 Å². The van der Waals surface area contributed by atoms with Crippen LogP contribution in [0.15, 0.2) is 21.8 Å². The van der Waals surface area contributed by atoms with Gasteiger partial charge in [0, 0.05) is 33.9 Å². The van der Waals surface area contributed by atoms with Crippen molar-refractivity contribution in [3.05, 3.63) is 44.7 Å². The Morgan fingerprint density at radius 3 is 2.89 bits per heavy atom. The first-order valence-corrected chi connectivity index (χ1v) is 13.5. The second kappa shape index (κ2) is 8.42. The molecule has 198 valence electrons. The van der Waals surface area contributed by atoms with Crippen molar-refractivity contribution in [1.29, 1.82) is 0 Å². The van der Waals surface area contributed by atoms with Gasteiger partial charge in [-0.1, -0.05) is 6.92 Å². The number of pyridine rings is 2. The smallest absolute Gasteiger partial charge is 0.257 e. The van der Waals surface area contributed by atoms with Gasteiger partial charge in [0.05, 0.1) is 41.0 Å². The van der Waals surface area contributed by atoms with Crippen LogP contribution in [0.2, 0.25) is 0 Å². The van der Waals surface area contributed by atoms with Gasteiger partial charge in [0.25, 0.3) is 5.56 Å². The lowest BCUT2D eigenvalue weighted by Crippen LogP contribution is -2.47. The van der Waals surface area contributed by atoms with E-state index in [1.807, 2.05) is 6.07 Å². The standard InChI is InChI=1S/C26H25N3O8S/c1-2-26(34)13-5-16-21-11(7-29(16)24(32)12(13)9-37-25(26)33)19-15(27-18(31)8-30)10-38-23-20(19)14(28-21)6-17-22(23)36-4-3-35-17/h5-6,15,25,30,33-34H,2-4,7-10H2,1H3,(H,27,31)/t15-,25?,26-/m0/s1. The van der Waals surface area contributed by atoms with E-state index >= 15 is 0 Å². The van der Waals surface area contributed by atoms with E-state index in [4.69, 9.17) is 19.2 Å². The lowest BCUT2D eigenvalue weighted by atomic mass is 9.85. The minimum absolute atomic E-state index is 0.117. The summed E-state index contributed by atoms with van der Waals surface area (Å²) in [5, 5.41) is 34.9. The van der Waals surface area contributed by atoms with Crippen molar-refractivity contribution >= 4 is 28.6 Å². The lowest BCUT2D eigenvalue weighted by Gasteiger charge is -2.37. The molecule has 0 saturated carbocycles. The predicted molar refractivity (Wildman–Crippen MR) is 135 cm³/mol. The zero-order valence-electron chi connectivity index (χ0n) is 20.4. The van der Waals surface area contributed by atoms with Gasteiger partial charge < -0.3 is 39.4 Å². The van der Waals surface area contributed by atoms with Crippen molar-refractivity contribution in [2.75, 3.05) is 25.6 Å². The Morgan fingerprint density at radius 2 is 2.11 bits per heavy atom. The summed E-state index contributed by atoms with van der Waals surface area (Å²) in [7, 11) is 0. The Morgan fingerprint density at radius 1 is 1.29 bits per heavy atom. The number of amides is 1.